The average molecular weight is 577 g/mol. The third-order valence-corrected chi connectivity index (χ3v) is 6.24. The summed E-state index contributed by atoms with van der Waals surface area (Å²) in [7, 11) is 0. The van der Waals surface area contributed by atoms with Gasteiger partial charge in [-0.05, 0) is 62.2 Å². The van der Waals surface area contributed by atoms with Gasteiger partial charge in [-0.1, -0.05) is 58.4 Å². The van der Waals surface area contributed by atoms with E-state index in [1.54, 1.807) is 64.1 Å². The summed E-state index contributed by atoms with van der Waals surface area (Å²) in [6, 6.07) is 13.8. The van der Waals surface area contributed by atoms with Crippen molar-refractivity contribution in [1.29, 1.82) is 0 Å². The van der Waals surface area contributed by atoms with Crippen LogP contribution >= 0.6 is 11.6 Å². The van der Waals surface area contributed by atoms with E-state index in [0.717, 1.165) is 5.56 Å². The third-order valence-electron chi connectivity index (χ3n) is 5.99. The van der Waals surface area contributed by atoms with Crippen molar-refractivity contribution in [3.8, 4) is 5.75 Å². The predicted octanol–water partition coefficient (Wildman–Crippen LogP) is 5.52. The number of amides is 1. The summed E-state index contributed by atoms with van der Waals surface area (Å²) < 4.78 is 22.1. The Labute approximate surface area is 241 Å². The highest BCUT2D eigenvalue weighted by atomic mass is 35.5. The molecule has 0 fully saturated rings. The van der Waals surface area contributed by atoms with Crippen LogP contribution < -0.4 is 15.8 Å². The average Bonchev–Trinajstić information content (AvgIpc) is 2.87. The van der Waals surface area contributed by atoms with Crippen molar-refractivity contribution in [2.75, 3.05) is 13.1 Å². The molecule has 2 aromatic rings. The molecule has 9 nitrogen and oxygen atoms in total. The number of hydrogen-bond acceptors (Lipinski definition) is 8. The summed E-state index contributed by atoms with van der Waals surface area (Å²) >= 11 is 5.86. The second-order valence-electron chi connectivity index (χ2n) is 11.4. The molecule has 40 heavy (non-hydrogen) atoms. The lowest BCUT2D eigenvalue weighted by atomic mass is 9.89. The van der Waals surface area contributed by atoms with Crippen molar-refractivity contribution in [2.24, 2.45) is 17.1 Å². The van der Waals surface area contributed by atoms with E-state index in [1.807, 2.05) is 32.9 Å². The number of rotatable bonds is 12. The van der Waals surface area contributed by atoms with E-state index < -0.39 is 30.1 Å². The van der Waals surface area contributed by atoms with Gasteiger partial charge in [0.2, 0.25) is 0 Å². The van der Waals surface area contributed by atoms with Crippen LogP contribution in [0.2, 0.25) is 5.02 Å². The number of carbonyl (C=O) groups is 3. The Morgan fingerprint density at radius 3 is 2.02 bits per heavy atom. The summed E-state index contributed by atoms with van der Waals surface area (Å²) in [5.41, 5.74) is 5.48. The van der Waals surface area contributed by atoms with Crippen LogP contribution in [0.4, 0.5) is 4.79 Å². The minimum Gasteiger partial charge on any atom is -0.476 e. The van der Waals surface area contributed by atoms with Crippen LogP contribution in [0.1, 0.15) is 64.4 Å². The molecule has 2 rings (SSSR count). The molecule has 10 heteroatoms. The molecule has 0 saturated heterocycles. The van der Waals surface area contributed by atoms with Crippen molar-refractivity contribution in [1.82, 2.24) is 5.32 Å². The van der Waals surface area contributed by atoms with E-state index in [2.05, 4.69) is 5.32 Å². The SMILES string of the molecule is CC(C)C(OC(=O)OC(CN)C(C)(C)C)OC(=O)C(C)(C)Oc1ccc(CCNC(=O)c2ccc(Cl)cc2)cc1. The van der Waals surface area contributed by atoms with Crippen molar-refractivity contribution in [3.05, 3.63) is 64.7 Å². The van der Waals surface area contributed by atoms with Gasteiger partial charge in [0, 0.05) is 35.0 Å². The van der Waals surface area contributed by atoms with Gasteiger partial charge in [-0.15, -0.1) is 0 Å². The maximum atomic E-state index is 13.0. The quantitative estimate of drug-likeness (QED) is 0.250. The lowest BCUT2D eigenvalue weighted by Gasteiger charge is -2.31. The Kier molecular flexibility index (Phi) is 11.8. The van der Waals surface area contributed by atoms with Crippen molar-refractivity contribution >= 4 is 29.6 Å². The molecule has 0 heterocycles. The topological polar surface area (TPSA) is 126 Å². The second kappa shape index (κ2) is 14.4. The van der Waals surface area contributed by atoms with Crippen LogP contribution in [-0.4, -0.2) is 49.1 Å². The molecule has 1 amide bonds. The molecule has 2 aromatic carbocycles. The molecule has 2 unspecified atom stereocenters. The zero-order chi connectivity index (χ0) is 30.1. The third kappa shape index (κ3) is 10.4. The molecule has 2 atom stereocenters. The van der Waals surface area contributed by atoms with Crippen LogP contribution in [0.3, 0.4) is 0 Å². The molecule has 0 aliphatic rings. The molecule has 0 saturated carbocycles. The molecular formula is C30H41ClN2O7. The monoisotopic (exact) mass is 576 g/mol. The zero-order valence-electron chi connectivity index (χ0n) is 24.3. The molecule has 0 aliphatic carbocycles. The number of halogens is 1. The maximum Gasteiger partial charge on any atom is 0.511 e. The first-order valence-corrected chi connectivity index (χ1v) is 13.6. The molecular weight excluding hydrogens is 536 g/mol. The van der Waals surface area contributed by atoms with E-state index in [4.69, 9.17) is 36.3 Å². The van der Waals surface area contributed by atoms with Crippen LogP contribution in [0.5, 0.6) is 5.75 Å². The Morgan fingerprint density at radius 2 is 1.50 bits per heavy atom. The first kappa shape index (κ1) is 32.9. The van der Waals surface area contributed by atoms with E-state index in [1.165, 1.54) is 0 Å². The fraction of sp³-hybridized carbons (Fsp3) is 0.500. The van der Waals surface area contributed by atoms with Gasteiger partial charge in [0.25, 0.3) is 12.2 Å². The van der Waals surface area contributed by atoms with Gasteiger partial charge in [0.15, 0.2) is 5.60 Å². The normalized spacial score (nSPS) is 13.2. The Morgan fingerprint density at radius 1 is 0.900 bits per heavy atom. The van der Waals surface area contributed by atoms with E-state index in [0.29, 0.717) is 29.3 Å². The molecule has 0 bridgehead atoms. The Bertz CT molecular complexity index is 1130. The number of esters is 1. The number of nitrogens with two attached hydrogens (primary N) is 1. The number of ether oxygens (including phenoxy) is 4. The molecule has 220 valence electrons. The number of carbonyl (C=O) groups excluding carboxylic acids is 3. The largest absolute Gasteiger partial charge is 0.511 e. The molecule has 0 spiro atoms. The first-order valence-electron chi connectivity index (χ1n) is 13.2. The van der Waals surface area contributed by atoms with Crippen molar-refractivity contribution in [2.45, 2.75) is 72.9 Å². The summed E-state index contributed by atoms with van der Waals surface area (Å²) in [6.07, 6.45) is -2.09. The van der Waals surface area contributed by atoms with Gasteiger partial charge in [-0.25, -0.2) is 9.59 Å². The molecule has 0 radical (unpaired) electrons. The van der Waals surface area contributed by atoms with E-state index in [9.17, 15) is 14.4 Å². The Hall–Kier alpha value is -3.30. The zero-order valence-corrected chi connectivity index (χ0v) is 25.0. The van der Waals surface area contributed by atoms with Crippen molar-refractivity contribution < 1.29 is 33.3 Å². The number of hydrogen-bond donors (Lipinski definition) is 2. The highest BCUT2D eigenvalue weighted by Crippen LogP contribution is 2.24. The minimum atomic E-state index is -1.38. The smallest absolute Gasteiger partial charge is 0.476 e. The summed E-state index contributed by atoms with van der Waals surface area (Å²) in [5, 5.41) is 3.44. The number of nitrogens with one attached hydrogen (secondary N) is 1. The fourth-order valence-electron chi connectivity index (χ4n) is 3.44. The predicted molar refractivity (Wildman–Crippen MR) is 153 cm³/mol. The molecule has 0 aliphatic heterocycles. The first-order chi connectivity index (χ1) is 18.6. The lowest BCUT2D eigenvalue weighted by Crippen LogP contribution is -2.44. The van der Waals surface area contributed by atoms with E-state index >= 15 is 0 Å². The van der Waals surface area contributed by atoms with Crippen LogP contribution in [0.25, 0.3) is 0 Å². The van der Waals surface area contributed by atoms with E-state index in [-0.39, 0.29) is 23.8 Å². The highest BCUT2D eigenvalue weighted by Gasteiger charge is 2.37. The maximum absolute atomic E-state index is 13.0. The summed E-state index contributed by atoms with van der Waals surface area (Å²) in [4.78, 5) is 37.6. The fourth-order valence-corrected chi connectivity index (χ4v) is 3.57. The standard InChI is InChI=1S/C30H41ClN2O7/c1-19(2)26(39-28(36)37-24(18-32)29(3,4)5)38-27(35)30(6,7)40-23-14-8-20(9-15-23)16-17-33-25(34)21-10-12-22(31)13-11-21/h8-15,19,24,26H,16-18,32H2,1-7H3,(H,33,34). The second-order valence-corrected chi connectivity index (χ2v) is 11.8. The van der Waals surface area contributed by atoms with Crippen LogP contribution in [-0.2, 0) is 25.4 Å². The summed E-state index contributed by atoms with van der Waals surface area (Å²) in [6.45, 7) is 12.9. The van der Waals surface area contributed by atoms with Gasteiger partial charge in [0.1, 0.15) is 11.9 Å². The lowest BCUT2D eigenvalue weighted by molar-refractivity contribution is -0.195. The van der Waals surface area contributed by atoms with Crippen molar-refractivity contribution in [3.63, 3.8) is 0 Å². The van der Waals surface area contributed by atoms with Gasteiger partial charge >= 0.3 is 12.1 Å². The van der Waals surface area contributed by atoms with Gasteiger partial charge in [0.05, 0.1) is 0 Å². The molecule has 0 aromatic heterocycles. The summed E-state index contributed by atoms with van der Waals surface area (Å²) in [5.74, 6) is -0.771. The Balaban J connectivity index is 1.90. The number of benzene rings is 2. The van der Waals surface area contributed by atoms with Crippen LogP contribution in [0.15, 0.2) is 48.5 Å². The highest BCUT2D eigenvalue weighted by molar-refractivity contribution is 6.30. The van der Waals surface area contributed by atoms with Gasteiger partial charge in [-0.3, -0.25) is 4.79 Å². The van der Waals surface area contributed by atoms with Crippen LogP contribution in [0, 0.1) is 11.3 Å². The molecule has 3 N–H and O–H groups in total. The minimum absolute atomic E-state index is 0.127. The van der Waals surface area contributed by atoms with Gasteiger partial charge in [-0.2, -0.15) is 0 Å². The van der Waals surface area contributed by atoms with Gasteiger partial charge < -0.3 is 30.0 Å².